The van der Waals surface area contributed by atoms with Crippen molar-refractivity contribution in [2.75, 3.05) is 5.75 Å². The average molecular weight is 332 g/mol. The monoisotopic (exact) mass is 331 g/mol. The van der Waals surface area contributed by atoms with E-state index in [9.17, 15) is 4.79 Å². The molecule has 0 saturated heterocycles. The zero-order chi connectivity index (χ0) is 13.2. The summed E-state index contributed by atoms with van der Waals surface area (Å²) in [7, 11) is 0. The van der Waals surface area contributed by atoms with Crippen molar-refractivity contribution in [2.45, 2.75) is 51.5 Å². The Balaban J connectivity index is 2.11. The summed E-state index contributed by atoms with van der Waals surface area (Å²) in [6.07, 6.45) is 10.6. The highest BCUT2D eigenvalue weighted by Crippen LogP contribution is 2.08. The van der Waals surface area contributed by atoms with Crippen LogP contribution in [0.4, 0.5) is 0 Å². The van der Waals surface area contributed by atoms with Crippen LogP contribution in [0.25, 0.3) is 0 Å². The van der Waals surface area contributed by atoms with Gasteiger partial charge in [-0.2, -0.15) is 12.6 Å². The fourth-order valence-electron chi connectivity index (χ4n) is 1.96. The maximum absolute atomic E-state index is 11.7. The Morgan fingerprint density at radius 3 is 2.33 bits per heavy atom. The first-order chi connectivity index (χ1) is 8.75. The summed E-state index contributed by atoms with van der Waals surface area (Å²) in [5.74, 6) is 1.01. The molecule has 1 rings (SSSR count). The first kappa shape index (κ1) is 15.8. The van der Waals surface area contributed by atoms with E-state index in [0.29, 0.717) is 4.47 Å². The maximum Gasteiger partial charge on any atom is 0.264 e. The molecule has 0 bridgehead atoms. The lowest BCUT2D eigenvalue weighted by Gasteiger charge is -2.05. The molecule has 102 valence electrons. The number of aromatic nitrogens is 1. The number of hydrogen-bond acceptors (Lipinski definition) is 2. The molecule has 0 radical (unpaired) electrons. The van der Waals surface area contributed by atoms with Crippen LogP contribution in [0.3, 0.4) is 0 Å². The van der Waals surface area contributed by atoms with Crippen molar-refractivity contribution in [2.24, 2.45) is 0 Å². The van der Waals surface area contributed by atoms with Crippen LogP contribution in [0.2, 0.25) is 0 Å². The van der Waals surface area contributed by atoms with Gasteiger partial charge in [-0.3, -0.25) is 4.79 Å². The first-order valence-corrected chi connectivity index (χ1v) is 8.14. The molecule has 0 aromatic carbocycles. The standard InChI is InChI=1S/C14H22BrNOS/c15-13-9-8-11-16(14(13)17)10-6-4-2-1-3-5-7-12-18/h8-9,11,18H,1-7,10,12H2. The Bertz CT molecular complexity index is 392. The Labute approximate surface area is 123 Å². The molecule has 2 nitrogen and oxygen atoms in total. The molecule has 0 spiro atoms. The molecule has 0 amide bonds. The predicted octanol–water partition coefficient (Wildman–Crippen LogP) is 4.27. The third-order valence-electron chi connectivity index (χ3n) is 3.03. The lowest BCUT2D eigenvalue weighted by Crippen LogP contribution is -2.19. The second kappa shape index (κ2) is 9.68. The van der Waals surface area contributed by atoms with Gasteiger partial charge >= 0.3 is 0 Å². The molecule has 0 aliphatic rings. The van der Waals surface area contributed by atoms with Crippen molar-refractivity contribution in [1.82, 2.24) is 4.57 Å². The van der Waals surface area contributed by atoms with Crippen molar-refractivity contribution in [3.63, 3.8) is 0 Å². The lowest BCUT2D eigenvalue weighted by atomic mass is 10.1. The van der Waals surface area contributed by atoms with Crippen LogP contribution in [0.1, 0.15) is 44.9 Å². The minimum atomic E-state index is 0.0753. The minimum Gasteiger partial charge on any atom is -0.315 e. The molecule has 0 unspecified atom stereocenters. The first-order valence-electron chi connectivity index (χ1n) is 6.71. The smallest absolute Gasteiger partial charge is 0.264 e. The van der Waals surface area contributed by atoms with Gasteiger partial charge in [0.2, 0.25) is 0 Å². The van der Waals surface area contributed by atoms with Gasteiger partial charge in [0.15, 0.2) is 0 Å². The fourth-order valence-corrected chi connectivity index (χ4v) is 2.57. The number of hydrogen-bond donors (Lipinski definition) is 1. The summed E-state index contributed by atoms with van der Waals surface area (Å²) >= 11 is 7.47. The zero-order valence-electron chi connectivity index (χ0n) is 10.8. The molecule has 18 heavy (non-hydrogen) atoms. The molecular formula is C14H22BrNOS. The maximum atomic E-state index is 11.7. The van der Waals surface area contributed by atoms with Crippen LogP contribution in [-0.2, 0) is 6.54 Å². The van der Waals surface area contributed by atoms with E-state index < -0.39 is 0 Å². The van der Waals surface area contributed by atoms with E-state index in [0.717, 1.165) is 18.7 Å². The van der Waals surface area contributed by atoms with E-state index in [1.54, 1.807) is 10.6 Å². The number of thiol groups is 1. The molecule has 0 atom stereocenters. The van der Waals surface area contributed by atoms with Crippen molar-refractivity contribution < 1.29 is 0 Å². The van der Waals surface area contributed by atoms with Gasteiger partial charge in [-0.15, -0.1) is 0 Å². The van der Waals surface area contributed by atoms with E-state index in [1.807, 2.05) is 12.3 Å². The second-order valence-electron chi connectivity index (χ2n) is 4.55. The van der Waals surface area contributed by atoms with Gasteiger partial charge in [0.05, 0.1) is 4.47 Å². The Morgan fingerprint density at radius 2 is 1.67 bits per heavy atom. The number of halogens is 1. The van der Waals surface area contributed by atoms with E-state index >= 15 is 0 Å². The third-order valence-corrected chi connectivity index (χ3v) is 3.95. The SMILES string of the molecule is O=c1c(Br)cccn1CCCCCCCCCS. The van der Waals surface area contributed by atoms with Gasteiger partial charge in [0.1, 0.15) is 0 Å². The van der Waals surface area contributed by atoms with Crippen LogP contribution < -0.4 is 5.56 Å². The highest BCUT2D eigenvalue weighted by atomic mass is 79.9. The lowest BCUT2D eigenvalue weighted by molar-refractivity contribution is 0.543. The van der Waals surface area contributed by atoms with E-state index in [1.165, 1.54) is 38.5 Å². The highest BCUT2D eigenvalue weighted by Gasteiger charge is 1.99. The zero-order valence-corrected chi connectivity index (χ0v) is 13.3. The van der Waals surface area contributed by atoms with Crippen LogP contribution in [0.5, 0.6) is 0 Å². The van der Waals surface area contributed by atoms with Gasteiger partial charge in [0.25, 0.3) is 5.56 Å². The fraction of sp³-hybridized carbons (Fsp3) is 0.643. The number of rotatable bonds is 9. The molecule has 0 aliphatic carbocycles. The van der Waals surface area contributed by atoms with Gasteiger partial charge in [-0.25, -0.2) is 0 Å². The largest absolute Gasteiger partial charge is 0.315 e. The summed E-state index contributed by atoms with van der Waals surface area (Å²) in [6.45, 7) is 0.828. The van der Waals surface area contributed by atoms with Gasteiger partial charge in [0, 0.05) is 12.7 Å². The van der Waals surface area contributed by atoms with Crippen LogP contribution in [0, 0.1) is 0 Å². The van der Waals surface area contributed by atoms with E-state index in [2.05, 4.69) is 28.6 Å². The summed E-state index contributed by atoms with van der Waals surface area (Å²) in [5.41, 5.74) is 0.0753. The van der Waals surface area contributed by atoms with Gasteiger partial charge < -0.3 is 4.57 Å². The molecule has 0 saturated carbocycles. The second-order valence-corrected chi connectivity index (χ2v) is 5.85. The number of pyridine rings is 1. The predicted molar refractivity (Wildman–Crippen MR) is 84.6 cm³/mol. The Hall–Kier alpha value is -0.220. The van der Waals surface area contributed by atoms with Crippen molar-refractivity contribution in [3.05, 3.63) is 33.2 Å². The van der Waals surface area contributed by atoms with E-state index in [4.69, 9.17) is 0 Å². The molecule has 0 N–H and O–H groups in total. The Morgan fingerprint density at radius 1 is 1.06 bits per heavy atom. The molecular weight excluding hydrogens is 310 g/mol. The summed E-state index contributed by atoms with van der Waals surface area (Å²) < 4.78 is 2.43. The summed E-state index contributed by atoms with van der Waals surface area (Å²) in [5, 5.41) is 0. The average Bonchev–Trinajstić information content (AvgIpc) is 2.37. The molecule has 0 fully saturated rings. The van der Waals surface area contributed by atoms with Crippen molar-refractivity contribution in [1.29, 1.82) is 0 Å². The molecule has 1 aromatic heterocycles. The minimum absolute atomic E-state index is 0.0753. The molecule has 1 heterocycles. The normalized spacial score (nSPS) is 10.8. The van der Waals surface area contributed by atoms with Crippen LogP contribution in [-0.4, -0.2) is 10.3 Å². The number of aryl methyl sites for hydroxylation is 1. The highest BCUT2D eigenvalue weighted by molar-refractivity contribution is 9.10. The molecule has 4 heteroatoms. The summed E-state index contributed by atoms with van der Waals surface area (Å²) in [4.78, 5) is 11.7. The molecule has 0 aliphatic heterocycles. The number of nitrogens with zero attached hydrogens (tertiary/aromatic N) is 1. The van der Waals surface area contributed by atoms with Gasteiger partial charge in [-0.05, 0) is 46.7 Å². The summed E-state index contributed by atoms with van der Waals surface area (Å²) in [6, 6.07) is 3.70. The van der Waals surface area contributed by atoms with Crippen LogP contribution >= 0.6 is 28.6 Å². The topological polar surface area (TPSA) is 22.0 Å². The van der Waals surface area contributed by atoms with Gasteiger partial charge in [-0.1, -0.05) is 32.1 Å². The Kier molecular flexibility index (Phi) is 8.51. The van der Waals surface area contributed by atoms with Crippen molar-refractivity contribution >= 4 is 28.6 Å². The van der Waals surface area contributed by atoms with Crippen LogP contribution in [0.15, 0.2) is 27.6 Å². The molecule has 1 aromatic rings. The quantitative estimate of drug-likeness (QED) is 0.529. The van der Waals surface area contributed by atoms with E-state index in [-0.39, 0.29) is 5.56 Å². The van der Waals surface area contributed by atoms with Crippen molar-refractivity contribution in [3.8, 4) is 0 Å². The number of unbranched alkanes of at least 4 members (excludes halogenated alkanes) is 6. The third kappa shape index (κ3) is 6.10.